The maximum Gasteiger partial charge on any atom is 0.0353 e. The highest BCUT2D eigenvalue weighted by Gasteiger charge is 2.11. The van der Waals surface area contributed by atoms with Gasteiger partial charge in [-0.1, -0.05) is 49.6 Å². The van der Waals surface area contributed by atoms with Crippen molar-refractivity contribution in [3.8, 4) is 12.3 Å². The van der Waals surface area contributed by atoms with Gasteiger partial charge in [-0.15, -0.1) is 6.42 Å². The van der Waals surface area contributed by atoms with E-state index >= 15 is 0 Å². The van der Waals surface area contributed by atoms with Crippen LogP contribution in [0.4, 0.5) is 0 Å². The Labute approximate surface area is 104 Å². The first kappa shape index (κ1) is 11.7. The van der Waals surface area contributed by atoms with E-state index in [9.17, 15) is 0 Å². The normalized spacial score (nSPS) is 10.8. The summed E-state index contributed by atoms with van der Waals surface area (Å²) in [5.74, 6) is 3.34. The van der Waals surface area contributed by atoms with Crippen LogP contribution in [0.25, 0.3) is 10.8 Å². The lowest BCUT2D eigenvalue weighted by Crippen LogP contribution is -1.95. The van der Waals surface area contributed by atoms with Crippen LogP contribution in [-0.4, -0.2) is 0 Å². The summed E-state index contributed by atoms with van der Waals surface area (Å²) in [7, 11) is 0. The van der Waals surface area contributed by atoms with E-state index in [-0.39, 0.29) is 0 Å². The molecule has 0 heterocycles. The van der Waals surface area contributed by atoms with E-state index in [0.29, 0.717) is 5.92 Å². The molecule has 0 heteroatoms. The number of hydrogen-bond acceptors (Lipinski definition) is 0. The predicted molar refractivity (Wildman–Crippen MR) is 75.4 cm³/mol. The summed E-state index contributed by atoms with van der Waals surface area (Å²) < 4.78 is 0. The van der Waals surface area contributed by atoms with Crippen LogP contribution >= 0.6 is 0 Å². The van der Waals surface area contributed by atoms with E-state index in [1.54, 1.807) is 0 Å². The largest absolute Gasteiger partial charge is 0.115 e. The van der Waals surface area contributed by atoms with E-state index in [1.807, 2.05) is 0 Å². The van der Waals surface area contributed by atoms with Crippen LogP contribution in [0.15, 0.2) is 24.3 Å². The van der Waals surface area contributed by atoms with Crippen LogP contribution in [0.1, 0.15) is 42.0 Å². The number of rotatable bonds is 1. The lowest BCUT2D eigenvalue weighted by atomic mass is 9.89. The lowest BCUT2D eigenvalue weighted by Gasteiger charge is -2.14. The Morgan fingerprint density at radius 1 is 1.12 bits per heavy atom. The molecule has 0 fully saturated rings. The zero-order chi connectivity index (χ0) is 12.6. The van der Waals surface area contributed by atoms with Gasteiger partial charge in [0.2, 0.25) is 0 Å². The van der Waals surface area contributed by atoms with Crippen LogP contribution < -0.4 is 0 Å². The highest BCUT2D eigenvalue weighted by Crippen LogP contribution is 2.31. The molecule has 0 aliphatic heterocycles. The first-order chi connectivity index (χ1) is 8.04. The van der Waals surface area contributed by atoms with Crippen molar-refractivity contribution in [3.63, 3.8) is 0 Å². The van der Waals surface area contributed by atoms with Crippen LogP contribution in [0, 0.1) is 26.2 Å². The van der Waals surface area contributed by atoms with Gasteiger partial charge >= 0.3 is 0 Å². The maximum absolute atomic E-state index is 5.67. The monoisotopic (exact) mass is 222 g/mol. The van der Waals surface area contributed by atoms with Crippen molar-refractivity contribution in [2.75, 3.05) is 0 Å². The topological polar surface area (TPSA) is 0 Å². The highest BCUT2D eigenvalue weighted by atomic mass is 14.1. The molecule has 0 aliphatic carbocycles. The summed E-state index contributed by atoms with van der Waals surface area (Å²) in [6.45, 7) is 8.66. The van der Waals surface area contributed by atoms with Crippen molar-refractivity contribution in [1.82, 2.24) is 0 Å². The quantitative estimate of drug-likeness (QED) is 0.620. The first-order valence-corrected chi connectivity index (χ1v) is 6.05. The molecule has 0 spiro atoms. The Morgan fingerprint density at radius 3 is 2.41 bits per heavy atom. The fraction of sp³-hybridized carbons (Fsp3) is 0.294. The average Bonchev–Trinajstić information content (AvgIpc) is 2.28. The Bertz CT molecular complexity index is 610. The van der Waals surface area contributed by atoms with E-state index in [4.69, 9.17) is 6.42 Å². The molecule has 0 bridgehead atoms. The fourth-order valence-electron chi connectivity index (χ4n) is 2.40. The molecule has 86 valence electrons. The molecule has 2 aromatic rings. The van der Waals surface area contributed by atoms with Crippen molar-refractivity contribution in [3.05, 3.63) is 46.5 Å². The summed E-state index contributed by atoms with van der Waals surface area (Å²) in [4.78, 5) is 0. The minimum atomic E-state index is 0.492. The van der Waals surface area contributed by atoms with Gasteiger partial charge in [0.05, 0.1) is 0 Å². The fourth-order valence-corrected chi connectivity index (χ4v) is 2.40. The molecule has 2 aromatic carbocycles. The smallest absolute Gasteiger partial charge is 0.0353 e. The van der Waals surface area contributed by atoms with E-state index in [1.165, 1.54) is 27.5 Å². The molecule has 0 amide bonds. The summed E-state index contributed by atoms with van der Waals surface area (Å²) in [6.07, 6.45) is 5.67. The van der Waals surface area contributed by atoms with Crippen LogP contribution in [0.5, 0.6) is 0 Å². The lowest BCUT2D eigenvalue weighted by molar-refractivity contribution is 0.874. The minimum absolute atomic E-state index is 0.492. The number of terminal acetylenes is 1. The molecular weight excluding hydrogens is 204 g/mol. The van der Waals surface area contributed by atoms with Crippen molar-refractivity contribution in [2.45, 2.75) is 33.6 Å². The summed E-state index contributed by atoms with van der Waals surface area (Å²) >= 11 is 0. The summed E-state index contributed by atoms with van der Waals surface area (Å²) in [5, 5.41) is 2.51. The second-order valence-corrected chi connectivity index (χ2v) is 5.01. The Morgan fingerprint density at radius 2 is 1.82 bits per heavy atom. The number of aryl methyl sites for hydroxylation is 2. The molecular formula is C17H18. The molecule has 2 rings (SSSR count). The molecule has 17 heavy (non-hydrogen) atoms. The van der Waals surface area contributed by atoms with Crippen molar-refractivity contribution >= 4 is 10.8 Å². The van der Waals surface area contributed by atoms with Crippen molar-refractivity contribution in [1.29, 1.82) is 0 Å². The standard InChI is InChI=1S/C17H18/c1-6-15-13(5)7-8-14-9-12(4)10-16(11(2)3)17(14)15/h1,7-11H,2-5H3. The van der Waals surface area contributed by atoms with Gasteiger partial charge in [0.25, 0.3) is 0 Å². The molecule has 0 radical (unpaired) electrons. The van der Waals surface area contributed by atoms with Gasteiger partial charge in [0, 0.05) is 10.9 Å². The maximum atomic E-state index is 5.67. The van der Waals surface area contributed by atoms with Gasteiger partial charge in [0.15, 0.2) is 0 Å². The van der Waals surface area contributed by atoms with Gasteiger partial charge in [-0.25, -0.2) is 0 Å². The van der Waals surface area contributed by atoms with Crippen LogP contribution in [0.3, 0.4) is 0 Å². The molecule has 0 saturated heterocycles. The third-order valence-electron chi connectivity index (χ3n) is 3.27. The minimum Gasteiger partial charge on any atom is -0.115 e. The van der Waals surface area contributed by atoms with E-state index in [2.05, 4.69) is 57.9 Å². The zero-order valence-electron chi connectivity index (χ0n) is 11.0. The molecule has 0 unspecified atom stereocenters. The molecule has 0 aliphatic rings. The van der Waals surface area contributed by atoms with Crippen molar-refractivity contribution in [2.24, 2.45) is 0 Å². The summed E-state index contributed by atoms with van der Waals surface area (Å²) in [6, 6.07) is 8.75. The van der Waals surface area contributed by atoms with Crippen LogP contribution in [-0.2, 0) is 0 Å². The van der Waals surface area contributed by atoms with E-state index in [0.717, 1.165) is 5.56 Å². The second-order valence-electron chi connectivity index (χ2n) is 5.01. The SMILES string of the molecule is C#Cc1c(C)ccc2cc(C)cc(C(C)C)c12. The highest BCUT2D eigenvalue weighted by molar-refractivity contribution is 5.93. The first-order valence-electron chi connectivity index (χ1n) is 6.05. The Balaban J connectivity index is 2.98. The number of hydrogen-bond donors (Lipinski definition) is 0. The predicted octanol–water partition coefficient (Wildman–Crippen LogP) is 4.56. The van der Waals surface area contributed by atoms with Crippen molar-refractivity contribution < 1.29 is 0 Å². The van der Waals surface area contributed by atoms with Gasteiger partial charge in [-0.3, -0.25) is 0 Å². The zero-order valence-corrected chi connectivity index (χ0v) is 11.0. The van der Waals surface area contributed by atoms with Gasteiger partial charge in [-0.05, 0) is 36.3 Å². The molecule has 0 N–H and O–H groups in total. The Kier molecular flexibility index (Phi) is 2.94. The van der Waals surface area contributed by atoms with Gasteiger partial charge < -0.3 is 0 Å². The molecule has 0 atom stereocenters. The molecule has 0 aromatic heterocycles. The number of fused-ring (bicyclic) bond motifs is 1. The van der Waals surface area contributed by atoms with Gasteiger partial charge in [0.1, 0.15) is 0 Å². The average molecular weight is 222 g/mol. The molecule has 0 nitrogen and oxygen atoms in total. The molecule has 0 saturated carbocycles. The number of benzene rings is 2. The van der Waals surface area contributed by atoms with Gasteiger partial charge in [-0.2, -0.15) is 0 Å². The summed E-state index contributed by atoms with van der Waals surface area (Å²) in [5.41, 5.74) is 4.89. The van der Waals surface area contributed by atoms with E-state index < -0.39 is 0 Å². The second kappa shape index (κ2) is 4.26. The third-order valence-corrected chi connectivity index (χ3v) is 3.27. The third kappa shape index (κ3) is 1.94. The Hall–Kier alpha value is -1.74. The van der Waals surface area contributed by atoms with Crippen LogP contribution in [0.2, 0.25) is 0 Å².